The third kappa shape index (κ3) is 3.06. The Hall–Kier alpha value is -1.83. The summed E-state index contributed by atoms with van der Waals surface area (Å²) in [6.45, 7) is 0. The summed E-state index contributed by atoms with van der Waals surface area (Å²) in [5, 5.41) is 0.619. The van der Waals surface area contributed by atoms with Crippen LogP contribution >= 0.6 is 11.6 Å². The monoisotopic (exact) mass is 247 g/mol. The lowest BCUT2D eigenvalue weighted by Crippen LogP contribution is -1.99. The minimum Gasteiger partial charge on any atom is -0.469 e. The van der Waals surface area contributed by atoms with Gasteiger partial charge in [-0.15, -0.1) is 0 Å². The molecule has 86 valence electrons. The number of carbonyl (C=O) groups excluding carboxylic acids is 1. The largest absolute Gasteiger partial charge is 0.469 e. The summed E-state index contributed by atoms with van der Waals surface area (Å²) in [6.07, 6.45) is 3.70. The zero-order chi connectivity index (χ0) is 12.1. The second-order valence-corrected chi connectivity index (χ2v) is 4.01. The highest BCUT2D eigenvalue weighted by Gasteiger charge is 2.13. The predicted molar refractivity (Wildman–Crippen MR) is 64.7 cm³/mol. The lowest BCUT2D eigenvalue weighted by molar-refractivity contribution is 0.487. The molecule has 3 nitrogen and oxygen atoms in total. The Morgan fingerprint density at radius 1 is 1.35 bits per heavy atom. The summed E-state index contributed by atoms with van der Waals surface area (Å²) in [7, 11) is 0. The fourth-order valence-electron chi connectivity index (χ4n) is 1.63. The van der Waals surface area contributed by atoms with Crippen LogP contribution in [0.5, 0.6) is 0 Å². The van der Waals surface area contributed by atoms with E-state index >= 15 is 0 Å². The number of aliphatic imine (C=N–C) groups is 1. The van der Waals surface area contributed by atoms with Crippen molar-refractivity contribution in [3.63, 3.8) is 0 Å². The molecule has 1 unspecified atom stereocenters. The summed E-state index contributed by atoms with van der Waals surface area (Å²) in [6, 6.07) is 10.6. The van der Waals surface area contributed by atoms with E-state index in [1.807, 2.05) is 18.2 Å². The lowest BCUT2D eigenvalue weighted by atomic mass is 10.0. The van der Waals surface area contributed by atoms with E-state index in [4.69, 9.17) is 16.0 Å². The van der Waals surface area contributed by atoms with Crippen molar-refractivity contribution in [1.29, 1.82) is 0 Å². The Morgan fingerprint density at radius 2 is 2.24 bits per heavy atom. The average molecular weight is 248 g/mol. The number of hydrogen-bond acceptors (Lipinski definition) is 3. The molecule has 1 aromatic carbocycles. The molecule has 2 aromatic rings. The van der Waals surface area contributed by atoms with E-state index in [0.717, 1.165) is 11.3 Å². The average Bonchev–Trinajstić information content (AvgIpc) is 2.81. The summed E-state index contributed by atoms with van der Waals surface area (Å²) in [5.74, 6) is 0.772. The molecule has 0 N–H and O–H groups in total. The normalized spacial score (nSPS) is 11.8. The van der Waals surface area contributed by atoms with Crippen LogP contribution in [0.2, 0.25) is 5.02 Å². The van der Waals surface area contributed by atoms with Gasteiger partial charge in [-0.25, -0.2) is 4.79 Å². The first-order valence-corrected chi connectivity index (χ1v) is 5.52. The number of halogens is 1. The summed E-state index contributed by atoms with van der Waals surface area (Å²) in [5.41, 5.74) is 0.872. The highest BCUT2D eigenvalue weighted by Crippen LogP contribution is 2.24. The van der Waals surface area contributed by atoms with E-state index in [-0.39, 0.29) is 6.04 Å². The van der Waals surface area contributed by atoms with Crippen molar-refractivity contribution in [2.75, 3.05) is 0 Å². The van der Waals surface area contributed by atoms with E-state index in [2.05, 4.69) is 4.99 Å². The van der Waals surface area contributed by atoms with Gasteiger partial charge in [0.25, 0.3) is 0 Å². The Labute approximate surface area is 104 Å². The van der Waals surface area contributed by atoms with Crippen LogP contribution in [0.15, 0.2) is 52.1 Å². The predicted octanol–water partition coefficient (Wildman–Crippen LogP) is 3.55. The minimum atomic E-state index is -0.308. The number of furan rings is 1. The van der Waals surface area contributed by atoms with E-state index in [1.165, 1.54) is 0 Å². The second kappa shape index (κ2) is 5.48. The SMILES string of the molecule is O=C=NC(Cc1ccco1)c1cccc(Cl)c1. The molecular weight excluding hydrogens is 238 g/mol. The Bertz CT molecular complexity index is 530. The van der Waals surface area contributed by atoms with Gasteiger partial charge in [0.15, 0.2) is 0 Å². The standard InChI is InChI=1S/C13H10ClNO2/c14-11-4-1-3-10(7-11)13(15-9-16)8-12-5-2-6-17-12/h1-7,13H,8H2. The molecule has 0 aliphatic heterocycles. The third-order valence-electron chi connectivity index (χ3n) is 2.42. The number of benzene rings is 1. The highest BCUT2D eigenvalue weighted by molar-refractivity contribution is 6.30. The Balaban J connectivity index is 2.26. The molecule has 0 spiro atoms. The molecule has 17 heavy (non-hydrogen) atoms. The molecule has 1 aromatic heterocycles. The van der Waals surface area contributed by atoms with E-state index < -0.39 is 0 Å². The van der Waals surface area contributed by atoms with Crippen LogP contribution in [0.1, 0.15) is 17.4 Å². The first-order valence-electron chi connectivity index (χ1n) is 5.14. The van der Waals surface area contributed by atoms with Crippen molar-refractivity contribution < 1.29 is 9.21 Å². The molecule has 2 rings (SSSR count). The smallest absolute Gasteiger partial charge is 0.235 e. The van der Waals surface area contributed by atoms with Crippen LogP contribution in [0.25, 0.3) is 0 Å². The molecule has 0 aliphatic carbocycles. The van der Waals surface area contributed by atoms with E-state index in [9.17, 15) is 4.79 Å². The van der Waals surface area contributed by atoms with Crippen molar-refractivity contribution in [2.24, 2.45) is 4.99 Å². The van der Waals surface area contributed by atoms with Crippen LogP contribution in [0.4, 0.5) is 0 Å². The fourth-order valence-corrected chi connectivity index (χ4v) is 1.83. The van der Waals surface area contributed by atoms with E-state index in [0.29, 0.717) is 11.4 Å². The van der Waals surface area contributed by atoms with Crippen LogP contribution in [-0.4, -0.2) is 6.08 Å². The van der Waals surface area contributed by atoms with Gasteiger partial charge in [0.1, 0.15) is 5.76 Å². The highest BCUT2D eigenvalue weighted by atomic mass is 35.5. The maximum atomic E-state index is 10.4. The lowest BCUT2D eigenvalue weighted by Gasteiger charge is -2.09. The summed E-state index contributed by atoms with van der Waals surface area (Å²) >= 11 is 5.91. The maximum absolute atomic E-state index is 10.4. The number of isocyanates is 1. The van der Waals surface area contributed by atoms with Crippen molar-refractivity contribution in [2.45, 2.75) is 12.5 Å². The van der Waals surface area contributed by atoms with Crippen molar-refractivity contribution in [3.8, 4) is 0 Å². The van der Waals surface area contributed by atoms with E-state index in [1.54, 1.807) is 30.5 Å². The van der Waals surface area contributed by atoms with Crippen LogP contribution in [-0.2, 0) is 11.2 Å². The molecule has 0 saturated heterocycles. The van der Waals surface area contributed by atoms with Gasteiger partial charge in [0, 0.05) is 11.4 Å². The van der Waals surface area contributed by atoms with Gasteiger partial charge in [-0.1, -0.05) is 23.7 Å². The molecule has 1 atom stereocenters. The van der Waals surface area contributed by atoms with Gasteiger partial charge < -0.3 is 4.42 Å². The second-order valence-electron chi connectivity index (χ2n) is 3.57. The van der Waals surface area contributed by atoms with Crippen LogP contribution < -0.4 is 0 Å². The number of rotatable bonds is 4. The molecule has 0 saturated carbocycles. The van der Waals surface area contributed by atoms with Crippen molar-refractivity contribution in [3.05, 3.63) is 59.0 Å². The minimum absolute atomic E-state index is 0.308. The first kappa shape index (κ1) is 11.6. The van der Waals surface area contributed by atoms with Crippen LogP contribution in [0.3, 0.4) is 0 Å². The Kier molecular flexibility index (Phi) is 3.76. The van der Waals surface area contributed by atoms with Crippen LogP contribution in [0, 0.1) is 0 Å². The molecule has 0 radical (unpaired) electrons. The molecule has 0 bridgehead atoms. The third-order valence-corrected chi connectivity index (χ3v) is 2.65. The van der Waals surface area contributed by atoms with Crippen molar-refractivity contribution >= 4 is 17.7 Å². The van der Waals surface area contributed by atoms with Gasteiger partial charge in [0.2, 0.25) is 6.08 Å². The number of nitrogens with zero attached hydrogens (tertiary/aromatic N) is 1. The fraction of sp³-hybridized carbons (Fsp3) is 0.154. The van der Waals surface area contributed by atoms with Crippen molar-refractivity contribution in [1.82, 2.24) is 0 Å². The first-order chi connectivity index (χ1) is 8.29. The van der Waals surface area contributed by atoms with Gasteiger partial charge in [-0.2, -0.15) is 4.99 Å². The zero-order valence-electron chi connectivity index (χ0n) is 8.97. The molecule has 0 aliphatic rings. The molecular formula is C13H10ClNO2. The molecule has 0 amide bonds. The quantitative estimate of drug-likeness (QED) is 0.612. The summed E-state index contributed by atoms with van der Waals surface area (Å²) < 4.78 is 5.24. The van der Waals surface area contributed by atoms with Gasteiger partial charge in [0.05, 0.1) is 12.3 Å². The number of hydrogen-bond donors (Lipinski definition) is 0. The topological polar surface area (TPSA) is 42.6 Å². The van der Waals surface area contributed by atoms with Gasteiger partial charge in [-0.3, -0.25) is 0 Å². The Morgan fingerprint density at radius 3 is 2.88 bits per heavy atom. The zero-order valence-corrected chi connectivity index (χ0v) is 9.72. The summed E-state index contributed by atoms with van der Waals surface area (Å²) in [4.78, 5) is 14.2. The van der Waals surface area contributed by atoms with Gasteiger partial charge in [-0.05, 0) is 29.8 Å². The molecule has 4 heteroatoms. The molecule has 1 heterocycles. The van der Waals surface area contributed by atoms with Gasteiger partial charge >= 0.3 is 0 Å². The molecule has 0 fully saturated rings. The maximum Gasteiger partial charge on any atom is 0.235 e.